The second-order valence-electron chi connectivity index (χ2n) is 18.3. The summed E-state index contributed by atoms with van der Waals surface area (Å²) in [4.78, 5) is 13.6. The molecule has 3 aliphatic carbocycles. The topological polar surface area (TPSA) is 185 Å². The molecular formula is C41H73N3O9. The smallest absolute Gasteiger partial charge is 0.310 e. The standard InChI is InChI=1S/C41H73N3O9/c1-25-11-15-41(23-27-12-16-43-37(42)18-27,40(39(48)49)13-5-4-6-14-40)36(44-25)24-52-35-20-28(19-34(51-3)38(35)47)32-22-29(45)21-30(53-32)9-7-26-8-10-31(46)33(17-26)50-2/h25-38,43-47H,4-24,42H2,1-3H3,(H,48,49)/t25-,26?,27?,28?,29+,30+,31?,32-,33?,34?,35?,36-,37?,38?,41-/m1/s1. The van der Waals surface area contributed by atoms with Crippen LogP contribution in [0.15, 0.2) is 0 Å². The molecule has 6 fully saturated rings. The molecule has 15 atom stereocenters. The van der Waals surface area contributed by atoms with Crippen molar-refractivity contribution in [2.24, 2.45) is 34.3 Å². The Kier molecular flexibility index (Phi) is 14.6. The van der Waals surface area contributed by atoms with Crippen molar-refractivity contribution in [3.8, 4) is 0 Å². The van der Waals surface area contributed by atoms with Gasteiger partial charge in [0.05, 0.1) is 60.9 Å². The van der Waals surface area contributed by atoms with Crippen molar-refractivity contribution in [1.82, 2.24) is 10.6 Å². The zero-order valence-electron chi connectivity index (χ0n) is 32.8. The van der Waals surface area contributed by atoms with E-state index in [4.69, 9.17) is 24.7 Å². The maximum absolute atomic E-state index is 13.6. The lowest BCUT2D eigenvalue weighted by Crippen LogP contribution is -2.66. The SMILES string of the molecule is COC1CC(CC[C@H]2C[C@H](O)C[C@H](C3CC(OC)C(O)C(OC[C@H]4N[C@H](C)CC[C@]4(CC4CCNC(N)C4)C4(C(=O)O)CCCCC4)C3)O2)CCC1O. The Morgan fingerprint density at radius 2 is 1.60 bits per heavy atom. The summed E-state index contributed by atoms with van der Waals surface area (Å²) < 4.78 is 25.0. The highest BCUT2D eigenvalue weighted by Crippen LogP contribution is 2.59. The number of methoxy groups -OCH3 is 2. The average molecular weight is 752 g/mol. The van der Waals surface area contributed by atoms with Gasteiger partial charge in [-0.25, -0.2) is 0 Å². The summed E-state index contributed by atoms with van der Waals surface area (Å²) in [6.07, 6.45) is 12.4. The summed E-state index contributed by atoms with van der Waals surface area (Å²) in [6, 6.07) is 0.0428. The second-order valence-corrected chi connectivity index (χ2v) is 18.3. The Morgan fingerprint density at radius 3 is 2.32 bits per heavy atom. The van der Waals surface area contributed by atoms with Crippen molar-refractivity contribution < 1.29 is 44.2 Å². The Bertz CT molecular complexity index is 1160. The summed E-state index contributed by atoms with van der Waals surface area (Å²) in [5, 5.41) is 51.4. The molecule has 0 radical (unpaired) electrons. The number of rotatable bonds is 13. The van der Waals surface area contributed by atoms with Gasteiger partial charge in [0, 0.05) is 31.7 Å². The van der Waals surface area contributed by atoms with Crippen molar-refractivity contribution in [3.05, 3.63) is 0 Å². The molecule has 0 aromatic heterocycles. The Morgan fingerprint density at radius 1 is 0.849 bits per heavy atom. The molecule has 8 N–H and O–H groups in total. The number of carboxylic acids is 1. The number of aliphatic carboxylic acids is 1. The fraction of sp³-hybridized carbons (Fsp3) is 0.976. The van der Waals surface area contributed by atoms with E-state index in [-0.39, 0.29) is 42.5 Å². The van der Waals surface area contributed by atoms with Gasteiger partial charge in [-0.15, -0.1) is 0 Å². The number of hydrogen-bond acceptors (Lipinski definition) is 11. The number of aliphatic hydroxyl groups excluding tert-OH is 3. The molecule has 0 aromatic carbocycles. The van der Waals surface area contributed by atoms with Crippen LogP contribution in [0.25, 0.3) is 0 Å². The molecule has 0 amide bonds. The summed E-state index contributed by atoms with van der Waals surface area (Å²) >= 11 is 0. The normalized spacial score (nSPS) is 45.4. The van der Waals surface area contributed by atoms with Gasteiger partial charge in [0.25, 0.3) is 0 Å². The van der Waals surface area contributed by atoms with Crippen LogP contribution < -0.4 is 16.4 Å². The van der Waals surface area contributed by atoms with Gasteiger partial charge < -0.3 is 55.7 Å². The van der Waals surface area contributed by atoms with Gasteiger partial charge in [-0.05, 0) is 134 Å². The van der Waals surface area contributed by atoms with Crippen LogP contribution in [0.3, 0.4) is 0 Å². The van der Waals surface area contributed by atoms with Gasteiger partial charge in [0.1, 0.15) is 6.10 Å². The number of hydrogen-bond donors (Lipinski definition) is 7. The highest BCUT2D eigenvalue weighted by atomic mass is 16.5. The highest BCUT2D eigenvalue weighted by molar-refractivity contribution is 5.76. The van der Waals surface area contributed by atoms with Gasteiger partial charge in [0.15, 0.2) is 0 Å². The number of aliphatic hydroxyl groups is 3. The summed E-state index contributed by atoms with van der Waals surface area (Å²) in [6.45, 7) is 3.35. The second kappa shape index (κ2) is 18.6. The molecule has 0 aromatic rings. The third kappa shape index (κ3) is 9.45. The van der Waals surface area contributed by atoms with Crippen LogP contribution in [0.5, 0.6) is 0 Å². The molecule has 3 heterocycles. The largest absolute Gasteiger partial charge is 0.481 e. The monoisotopic (exact) mass is 752 g/mol. The molecule has 6 aliphatic rings. The third-order valence-corrected chi connectivity index (χ3v) is 15.1. The molecule has 3 saturated heterocycles. The molecule has 0 spiro atoms. The van der Waals surface area contributed by atoms with Gasteiger partial charge >= 0.3 is 5.97 Å². The third-order valence-electron chi connectivity index (χ3n) is 15.1. The zero-order valence-corrected chi connectivity index (χ0v) is 32.8. The molecular weight excluding hydrogens is 678 g/mol. The average Bonchev–Trinajstić information content (AvgIpc) is 3.15. The van der Waals surface area contributed by atoms with Gasteiger partial charge in [-0.3, -0.25) is 4.79 Å². The minimum Gasteiger partial charge on any atom is -0.481 e. The van der Waals surface area contributed by atoms with Crippen LogP contribution in [0.4, 0.5) is 0 Å². The molecule has 3 aliphatic heterocycles. The predicted molar refractivity (Wildman–Crippen MR) is 201 cm³/mol. The quantitative estimate of drug-likeness (QED) is 0.145. The highest BCUT2D eigenvalue weighted by Gasteiger charge is 2.61. The number of piperidine rings is 2. The van der Waals surface area contributed by atoms with Crippen molar-refractivity contribution >= 4 is 5.97 Å². The Labute approximate surface area is 318 Å². The zero-order chi connectivity index (χ0) is 37.8. The van der Waals surface area contributed by atoms with E-state index in [9.17, 15) is 25.2 Å². The minimum absolute atomic E-state index is 0.0384. The van der Waals surface area contributed by atoms with Crippen LogP contribution in [0.1, 0.15) is 129 Å². The number of carbonyl (C=O) groups is 1. The molecule has 9 unspecified atom stereocenters. The fourth-order valence-electron chi connectivity index (χ4n) is 12.1. The van der Waals surface area contributed by atoms with Crippen LogP contribution in [0, 0.1) is 28.6 Å². The van der Waals surface area contributed by atoms with Crippen molar-refractivity contribution in [3.63, 3.8) is 0 Å². The molecule has 3 saturated carbocycles. The molecule has 12 heteroatoms. The number of carboxylic acid groups (broad SMARTS) is 1. The van der Waals surface area contributed by atoms with E-state index in [1.807, 2.05) is 0 Å². The van der Waals surface area contributed by atoms with E-state index >= 15 is 0 Å². The molecule has 6 rings (SSSR count). The maximum Gasteiger partial charge on any atom is 0.310 e. The van der Waals surface area contributed by atoms with Gasteiger partial charge in [-0.1, -0.05) is 19.3 Å². The van der Waals surface area contributed by atoms with Crippen LogP contribution in [-0.4, -0.2) is 121 Å². The first-order chi connectivity index (χ1) is 25.5. The Balaban J connectivity index is 1.17. The first-order valence-electron chi connectivity index (χ1n) is 21.3. The molecule has 0 bridgehead atoms. The maximum atomic E-state index is 13.6. The predicted octanol–water partition coefficient (Wildman–Crippen LogP) is 3.86. The lowest BCUT2D eigenvalue weighted by atomic mass is 9.48. The number of ether oxygens (including phenoxy) is 4. The van der Waals surface area contributed by atoms with Crippen LogP contribution in [0.2, 0.25) is 0 Å². The number of nitrogens with one attached hydrogen (secondary N) is 2. The van der Waals surface area contributed by atoms with E-state index < -0.39 is 47.3 Å². The minimum atomic E-state index is -0.840. The van der Waals surface area contributed by atoms with Crippen molar-refractivity contribution in [2.75, 3.05) is 27.4 Å². The molecule has 12 nitrogen and oxygen atoms in total. The first kappa shape index (κ1) is 41.7. The van der Waals surface area contributed by atoms with Gasteiger partial charge in [-0.2, -0.15) is 0 Å². The van der Waals surface area contributed by atoms with Crippen LogP contribution >= 0.6 is 0 Å². The molecule has 53 heavy (non-hydrogen) atoms. The molecule has 306 valence electrons. The lowest BCUT2D eigenvalue weighted by molar-refractivity contribution is -0.190. The van der Waals surface area contributed by atoms with E-state index in [2.05, 4.69) is 17.6 Å². The summed E-state index contributed by atoms with van der Waals surface area (Å²) in [7, 11) is 3.31. The fourth-order valence-corrected chi connectivity index (χ4v) is 12.1. The van der Waals surface area contributed by atoms with E-state index in [1.165, 1.54) is 0 Å². The van der Waals surface area contributed by atoms with Crippen molar-refractivity contribution in [2.45, 2.75) is 196 Å². The van der Waals surface area contributed by atoms with Crippen molar-refractivity contribution in [1.29, 1.82) is 0 Å². The summed E-state index contributed by atoms with van der Waals surface area (Å²) in [5.74, 6) is 0.166. The lowest BCUT2D eigenvalue weighted by Gasteiger charge is -2.59. The van der Waals surface area contributed by atoms with E-state index in [1.54, 1.807) is 14.2 Å². The summed E-state index contributed by atoms with van der Waals surface area (Å²) in [5.41, 5.74) is 5.07. The Hall–Kier alpha value is -0.930. The van der Waals surface area contributed by atoms with E-state index in [0.29, 0.717) is 57.0 Å². The van der Waals surface area contributed by atoms with E-state index in [0.717, 1.165) is 90.0 Å². The first-order valence-corrected chi connectivity index (χ1v) is 21.3. The van der Waals surface area contributed by atoms with Crippen LogP contribution in [-0.2, 0) is 23.7 Å². The van der Waals surface area contributed by atoms with Gasteiger partial charge in [0.2, 0.25) is 0 Å². The number of nitrogens with two attached hydrogens (primary N) is 1.